The molecule has 0 aliphatic carbocycles. The van der Waals surface area contributed by atoms with E-state index in [1.165, 1.54) is 29.2 Å². The first-order valence-corrected chi connectivity index (χ1v) is 10.6. The number of amides is 1. The highest BCUT2D eigenvalue weighted by Crippen LogP contribution is 2.41. The van der Waals surface area contributed by atoms with E-state index in [0.29, 0.717) is 28.8 Å². The number of pyridine rings is 1. The van der Waals surface area contributed by atoms with Gasteiger partial charge in [0.05, 0.1) is 34.4 Å². The highest BCUT2D eigenvalue weighted by atomic mass is 35.5. The van der Waals surface area contributed by atoms with Crippen LogP contribution < -0.4 is 5.32 Å². The maximum Gasteiger partial charge on any atom is 0.417 e. The van der Waals surface area contributed by atoms with Gasteiger partial charge in [0.15, 0.2) is 5.78 Å². The summed E-state index contributed by atoms with van der Waals surface area (Å²) < 4.78 is 40.8. The van der Waals surface area contributed by atoms with Gasteiger partial charge >= 0.3 is 6.18 Å². The molecule has 1 amide bonds. The Morgan fingerprint density at radius 3 is 2.64 bits per heavy atom. The lowest BCUT2D eigenvalue weighted by atomic mass is 9.84. The number of halogens is 4. The number of nitrogens with zero attached hydrogens (tertiary/aromatic N) is 3. The van der Waals surface area contributed by atoms with Gasteiger partial charge in [0.25, 0.3) is 5.91 Å². The molecule has 0 spiro atoms. The normalized spacial score (nSPS) is 18.2. The fourth-order valence-electron chi connectivity index (χ4n) is 4.09. The summed E-state index contributed by atoms with van der Waals surface area (Å²) in [6, 6.07) is 4.72. The van der Waals surface area contributed by atoms with E-state index in [9.17, 15) is 22.8 Å². The van der Waals surface area contributed by atoms with E-state index in [1.807, 2.05) is 6.92 Å². The number of ketones is 1. The van der Waals surface area contributed by atoms with Gasteiger partial charge in [0.2, 0.25) is 0 Å². The number of benzene rings is 1. The zero-order chi connectivity index (χ0) is 24.1. The Balaban J connectivity index is 1.67. The molecular formula is C23H20ClF3N4O2. The molecule has 0 saturated carbocycles. The van der Waals surface area contributed by atoms with Crippen LogP contribution in [-0.2, 0) is 6.18 Å². The summed E-state index contributed by atoms with van der Waals surface area (Å²) in [5.74, 6) is -1.47. The number of fused-ring (bicyclic) bond motifs is 1. The van der Waals surface area contributed by atoms with E-state index < -0.39 is 28.6 Å². The number of carbonyl (C=O) groups excluding carboxylic acids is 2. The molecule has 6 nitrogen and oxygen atoms in total. The fourth-order valence-corrected chi connectivity index (χ4v) is 4.38. The minimum absolute atomic E-state index is 0.201. The number of nitrogens with one attached hydrogen (secondary N) is 1. The van der Waals surface area contributed by atoms with E-state index in [-0.39, 0.29) is 23.2 Å². The van der Waals surface area contributed by atoms with Crippen molar-refractivity contribution in [3.05, 3.63) is 75.3 Å². The molecule has 1 aliphatic rings. The molecule has 2 aromatic heterocycles. The molecule has 2 atom stereocenters. The van der Waals surface area contributed by atoms with E-state index in [4.69, 9.17) is 11.6 Å². The third-order valence-corrected chi connectivity index (χ3v) is 6.30. The van der Waals surface area contributed by atoms with Crippen LogP contribution in [0.1, 0.15) is 68.5 Å². The zero-order valence-corrected chi connectivity index (χ0v) is 18.8. The largest absolute Gasteiger partial charge is 0.417 e. The molecule has 33 heavy (non-hydrogen) atoms. The molecule has 0 fully saturated rings. The molecule has 0 saturated heterocycles. The van der Waals surface area contributed by atoms with Gasteiger partial charge in [-0.05, 0) is 56.5 Å². The van der Waals surface area contributed by atoms with Crippen LogP contribution in [0.15, 0.2) is 36.7 Å². The summed E-state index contributed by atoms with van der Waals surface area (Å²) >= 11 is 5.88. The minimum atomic E-state index is -4.58. The molecule has 0 bridgehead atoms. The average Bonchev–Trinajstić information content (AvgIpc) is 3.16. The first-order valence-electron chi connectivity index (χ1n) is 10.2. The van der Waals surface area contributed by atoms with Crippen molar-refractivity contribution in [1.82, 2.24) is 14.8 Å². The number of anilines is 1. The smallest absolute Gasteiger partial charge is 0.319 e. The van der Waals surface area contributed by atoms with E-state index in [2.05, 4.69) is 15.4 Å². The number of hydrogen-bond acceptors (Lipinski definition) is 4. The van der Waals surface area contributed by atoms with Crippen LogP contribution in [0, 0.1) is 13.8 Å². The maximum absolute atomic E-state index is 13.4. The minimum Gasteiger partial charge on any atom is -0.319 e. The Labute approximate surface area is 192 Å². The van der Waals surface area contributed by atoms with Crippen LogP contribution in [0.2, 0.25) is 5.02 Å². The van der Waals surface area contributed by atoms with Crippen LogP contribution in [0.3, 0.4) is 0 Å². The van der Waals surface area contributed by atoms with E-state index >= 15 is 0 Å². The zero-order valence-electron chi connectivity index (χ0n) is 18.0. The van der Waals surface area contributed by atoms with Gasteiger partial charge in [-0.25, -0.2) is 0 Å². The van der Waals surface area contributed by atoms with Crippen LogP contribution in [-0.4, -0.2) is 26.5 Å². The highest BCUT2D eigenvalue weighted by molar-refractivity contribution is 6.31. The second-order valence-corrected chi connectivity index (χ2v) is 8.52. The van der Waals surface area contributed by atoms with Crippen molar-refractivity contribution in [2.45, 2.75) is 45.3 Å². The first kappa shape index (κ1) is 23.0. The third kappa shape index (κ3) is 4.13. The number of alkyl halides is 3. The second-order valence-electron chi connectivity index (χ2n) is 8.11. The lowest BCUT2D eigenvalue weighted by Crippen LogP contribution is -2.29. The predicted octanol–water partition coefficient (Wildman–Crippen LogP) is 5.75. The molecule has 1 unspecified atom stereocenters. The van der Waals surface area contributed by atoms with Gasteiger partial charge in [0.1, 0.15) is 5.69 Å². The Morgan fingerprint density at radius 1 is 1.24 bits per heavy atom. The molecular weight excluding hydrogens is 457 g/mol. The van der Waals surface area contributed by atoms with Crippen LogP contribution in [0.25, 0.3) is 0 Å². The molecule has 1 aromatic carbocycles. The maximum atomic E-state index is 13.4. The Kier molecular flexibility index (Phi) is 5.78. The molecule has 1 aliphatic heterocycles. The van der Waals surface area contributed by atoms with Crippen molar-refractivity contribution in [3.63, 3.8) is 0 Å². The third-order valence-electron chi connectivity index (χ3n) is 5.99. The molecule has 10 heteroatoms. The Hall–Kier alpha value is -3.20. The topological polar surface area (TPSA) is 76.9 Å². The van der Waals surface area contributed by atoms with E-state index in [0.717, 1.165) is 6.07 Å². The van der Waals surface area contributed by atoms with Crippen LogP contribution in [0.5, 0.6) is 0 Å². The Morgan fingerprint density at radius 2 is 1.97 bits per heavy atom. The second kappa shape index (κ2) is 8.30. The van der Waals surface area contributed by atoms with Crippen LogP contribution >= 0.6 is 11.6 Å². The van der Waals surface area contributed by atoms with Crippen molar-refractivity contribution in [1.29, 1.82) is 0 Å². The summed E-state index contributed by atoms with van der Waals surface area (Å²) in [5.41, 5.74) is 1.72. The highest BCUT2D eigenvalue weighted by Gasteiger charge is 2.38. The molecule has 3 heterocycles. The van der Waals surface area contributed by atoms with Gasteiger partial charge in [-0.1, -0.05) is 17.7 Å². The summed E-state index contributed by atoms with van der Waals surface area (Å²) in [6.45, 7) is 5.42. The van der Waals surface area contributed by atoms with Gasteiger partial charge in [-0.3, -0.25) is 19.3 Å². The summed E-state index contributed by atoms with van der Waals surface area (Å²) in [6.07, 6.45) is -1.31. The Bertz CT molecular complexity index is 1270. The molecule has 4 rings (SSSR count). The number of Topliss-reactive ketones (excluding diaryl/α,β-unsaturated/α-hetero) is 1. The van der Waals surface area contributed by atoms with Gasteiger partial charge in [0, 0.05) is 17.5 Å². The monoisotopic (exact) mass is 476 g/mol. The lowest BCUT2D eigenvalue weighted by Gasteiger charge is -2.28. The fraction of sp³-hybridized carbons (Fsp3) is 0.304. The first-order chi connectivity index (χ1) is 15.5. The molecule has 0 radical (unpaired) electrons. The van der Waals surface area contributed by atoms with Gasteiger partial charge < -0.3 is 5.32 Å². The van der Waals surface area contributed by atoms with Gasteiger partial charge in [-0.2, -0.15) is 18.3 Å². The number of rotatable bonds is 3. The van der Waals surface area contributed by atoms with Crippen molar-refractivity contribution in [2.24, 2.45) is 0 Å². The summed E-state index contributed by atoms with van der Waals surface area (Å²) in [4.78, 5) is 30.4. The van der Waals surface area contributed by atoms with Crippen molar-refractivity contribution < 1.29 is 22.8 Å². The predicted molar refractivity (Wildman–Crippen MR) is 117 cm³/mol. The standard InChI is InChI=1S/C23H20ClF3N4O2/c1-11-8-16(14-4-5-17(18(24)9-14)23(25,26)27)21(32)20-19(10-29-31(11)20)30-22(33)15-6-7-28-13(3)12(15)2/h4-7,9-11,16H,8H2,1-3H3,(H,30,33)/t11-,16?/m0/s1. The quantitative estimate of drug-likeness (QED) is 0.522. The molecule has 172 valence electrons. The van der Waals surface area contributed by atoms with E-state index in [1.54, 1.807) is 19.9 Å². The van der Waals surface area contributed by atoms with Gasteiger partial charge in [-0.15, -0.1) is 0 Å². The van der Waals surface area contributed by atoms with Crippen LogP contribution in [0.4, 0.5) is 18.9 Å². The number of carbonyl (C=O) groups is 2. The summed E-state index contributed by atoms with van der Waals surface area (Å²) in [5, 5.41) is 6.55. The molecule has 1 N–H and O–H groups in total. The van der Waals surface area contributed by atoms with Crippen molar-refractivity contribution in [2.75, 3.05) is 5.32 Å². The SMILES string of the molecule is Cc1nccc(C(=O)Nc2cnn3c2C(=O)C(c2ccc(C(F)(F)F)c(Cl)c2)C[C@@H]3C)c1C. The molecule has 3 aromatic rings. The van der Waals surface area contributed by atoms with Crippen molar-refractivity contribution >= 4 is 29.0 Å². The summed E-state index contributed by atoms with van der Waals surface area (Å²) in [7, 11) is 0. The number of aromatic nitrogens is 3. The number of hydrogen-bond donors (Lipinski definition) is 1. The van der Waals surface area contributed by atoms with Crippen molar-refractivity contribution in [3.8, 4) is 0 Å². The number of aryl methyl sites for hydroxylation is 1. The lowest BCUT2D eigenvalue weighted by molar-refractivity contribution is -0.137. The average molecular weight is 477 g/mol.